The van der Waals surface area contributed by atoms with Crippen molar-refractivity contribution in [1.29, 1.82) is 0 Å². The molecule has 0 unspecified atom stereocenters. The number of benzene rings is 1. The number of rotatable bonds is 6. The van der Waals surface area contributed by atoms with Crippen LogP contribution in [0.25, 0.3) is 21.6 Å². The van der Waals surface area contributed by atoms with Crippen LogP contribution in [0.15, 0.2) is 54.9 Å². The first-order valence-electron chi connectivity index (χ1n) is 10.5. The minimum absolute atomic E-state index is 0.0104. The number of pyridine rings is 1. The van der Waals surface area contributed by atoms with E-state index in [1.165, 1.54) is 34.2 Å². The molecule has 4 aromatic rings. The van der Waals surface area contributed by atoms with E-state index >= 15 is 0 Å². The summed E-state index contributed by atoms with van der Waals surface area (Å²) in [6, 6.07) is 14.3. The van der Waals surface area contributed by atoms with Crippen molar-refractivity contribution in [2.24, 2.45) is 5.73 Å². The lowest BCUT2D eigenvalue weighted by atomic mass is 9.97. The molecule has 0 bridgehead atoms. The van der Waals surface area contributed by atoms with E-state index in [1.807, 2.05) is 29.5 Å². The Morgan fingerprint density at radius 3 is 2.63 bits per heavy atom. The number of fused-ring (bicyclic) bond motifs is 3. The van der Waals surface area contributed by atoms with E-state index in [0.29, 0.717) is 6.54 Å². The van der Waals surface area contributed by atoms with Gasteiger partial charge >= 0.3 is 0 Å². The highest BCUT2D eigenvalue weighted by atomic mass is 32.1. The first-order valence-corrected chi connectivity index (χ1v) is 11.4. The molecule has 0 radical (unpaired) electrons. The molecule has 0 saturated heterocycles. The minimum atomic E-state index is 0.0104. The number of hydrogen-bond acceptors (Lipinski definition) is 6. The number of hydrogen-bond donors (Lipinski definition) is 2. The SMILES string of the molecule is N[C@@H](CNc1nc(-c2ccncc2)nc2sc3c(c12)CCCC3)Cc1ccccc1. The molecule has 0 aliphatic heterocycles. The third-order valence-corrected chi connectivity index (χ3v) is 6.81. The number of nitrogens with zero attached hydrogens (tertiary/aromatic N) is 3. The van der Waals surface area contributed by atoms with Crippen LogP contribution in [0, 0.1) is 0 Å². The maximum atomic E-state index is 6.45. The molecular formula is C24H25N5S. The Morgan fingerprint density at radius 2 is 1.80 bits per heavy atom. The molecule has 6 heteroatoms. The molecule has 1 aliphatic rings. The van der Waals surface area contributed by atoms with Gasteiger partial charge in [0.05, 0.1) is 5.39 Å². The Morgan fingerprint density at radius 1 is 1.00 bits per heavy atom. The van der Waals surface area contributed by atoms with Gasteiger partial charge in [0.25, 0.3) is 0 Å². The fourth-order valence-electron chi connectivity index (χ4n) is 4.13. The summed E-state index contributed by atoms with van der Waals surface area (Å²) in [7, 11) is 0. The molecule has 1 aliphatic carbocycles. The predicted octanol–water partition coefficient (Wildman–Crippen LogP) is 4.61. The van der Waals surface area contributed by atoms with Gasteiger partial charge in [0.15, 0.2) is 5.82 Å². The fourth-order valence-corrected chi connectivity index (χ4v) is 5.39. The maximum absolute atomic E-state index is 6.45. The Balaban J connectivity index is 1.48. The van der Waals surface area contributed by atoms with Gasteiger partial charge in [-0.05, 0) is 55.4 Å². The predicted molar refractivity (Wildman–Crippen MR) is 124 cm³/mol. The molecule has 5 rings (SSSR count). The standard InChI is InChI=1S/C24H25N5S/c25-18(14-16-6-2-1-3-7-16)15-27-23-21-19-8-4-5-9-20(19)30-24(21)29-22(28-23)17-10-12-26-13-11-17/h1-3,6-7,10-13,18H,4-5,8-9,14-15,25H2,(H,27,28,29)/t18-/m1/s1. The van der Waals surface area contributed by atoms with Crippen molar-refractivity contribution in [3.63, 3.8) is 0 Å². The van der Waals surface area contributed by atoms with Gasteiger partial charge < -0.3 is 11.1 Å². The van der Waals surface area contributed by atoms with Crippen LogP contribution in [0.1, 0.15) is 28.8 Å². The molecule has 0 spiro atoms. The van der Waals surface area contributed by atoms with Gasteiger partial charge in [0.1, 0.15) is 10.6 Å². The highest BCUT2D eigenvalue weighted by Crippen LogP contribution is 2.39. The molecule has 0 saturated carbocycles. The van der Waals surface area contributed by atoms with E-state index in [0.717, 1.165) is 41.3 Å². The van der Waals surface area contributed by atoms with Crippen molar-refractivity contribution in [3.8, 4) is 11.4 Å². The summed E-state index contributed by atoms with van der Waals surface area (Å²) in [6.07, 6.45) is 9.15. The van der Waals surface area contributed by atoms with Crippen LogP contribution in [0.3, 0.4) is 0 Å². The average Bonchev–Trinajstić information content (AvgIpc) is 3.17. The summed E-state index contributed by atoms with van der Waals surface area (Å²) in [4.78, 5) is 16.5. The van der Waals surface area contributed by atoms with E-state index in [2.05, 4.69) is 34.6 Å². The van der Waals surface area contributed by atoms with Crippen molar-refractivity contribution >= 4 is 27.4 Å². The van der Waals surface area contributed by atoms with E-state index in [4.69, 9.17) is 15.7 Å². The third-order valence-electron chi connectivity index (χ3n) is 5.63. The molecule has 5 nitrogen and oxygen atoms in total. The smallest absolute Gasteiger partial charge is 0.163 e. The van der Waals surface area contributed by atoms with Crippen LogP contribution in [-0.2, 0) is 19.3 Å². The van der Waals surface area contributed by atoms with Crippen LogP contribution in [0.2, 0.25) is 0 Å². The van der Waals surface area contributed by atoms with Gasteiger partial charge in [-0.3, -0.25) is 4.98 Å². The number of aromatic nitrogens is 3. The Bertz CT molecular complexity index is 1140. The molecule has 1 atom stereocenters. The van der Waals surface area contributed by atoms with E-state index < -0.39 is 0 Å². The number of nitrogens with two attached hydrogens (primary N) is 1. The summed E-state index contributed by atoms with van der Waals surface area (Å²) >= 11 is 1.82. The van der Waals surface area contributed by atoms with E-state index in [-0.39, 0.29) is 6.04 Å². The Hall–Kier alpha value is -2.83. The van der Waals surface area contributed by atoms with Crippen molar-refractivity contribution in [2.45, 2.75) is 38.1 Å². The van der Waals surface area contributed by atoms with Crippen molar-refractivity contribution < 1.29 is 0 Å². The summed E-state index contributed by atoms with van der Waals surface area (Å²) in [5, 5.41) is 4.76. The van der Waals surface area contributed by atoms with Crippen LogP contribution in [-0.4, -0.2) is 27.5 Å². The van der Waals surface area contributed by atoms with Gasteiger partial charge in [-0.2, -0.15) is 0 Å². The van der Waals surface area contributed by atoms with Crippen LogP contribution in [0.4, 0.5) is 5.82 Å². The van der Waals surface area contributed by atoms with Gasteiger partial charge in [-0.25, -0.2) is 9.97 Å². The first-order chi connectivity index (χ1) is 14.8. The van der Waals surface area contributed by atoms with Crippen molar-refractivity contribution in [3.05, 3.63) is 70.9 Å². The minimum Gasteiger partial charge on any atom is -0.368 e. The Labute approximate surface area is 180 Å². The molecule has 152 valence electrons. The normalized spacial score (nSPS) is 14.4. The lowest BCUT2D eigenvalue weighted by molar-refractivity contribution is 0.695. The summed E-state index contributed by atoms with van der Waals surface area (Å²) in [5.41, 5.74) is 10.1. The maximum Gasteiger partial charge on any atom is 0.163 e. The van der Waals surface area contributed by atoms with Crippen molar-refractivity contribution in [1.82, 2.24) is 15.0 Å². The van der Waals surface area contributed by atoms with Crippen LogP contribution >= 0.6 is 11.3 Å². The number of anilines is 1. The van der Waals surface area contributed by atoms with Crippen LogP contribution in [0.5, 0.6) is 0 Å². The summed E-state index contributed by atoms with van der Waals surface area (Å²) in [5.74, 6) is 1.65. The van der Waals surface area contributed by atoms with Gasteiger partial charge in [-0.1, -0.05) is 30.3 Å². The molecule has 0 amide bonds. The average molecular weight is 416 g/mol. The molecule has 3 aromatic heterocycles. The quantitative estimate of drug-likeness (QED) is 0.481. The lowest BCUT2D eigenvalue weighted by Crippen LogP contribution is -2.31. The number of aryl methyl sites for hydroxylation is 2. The van der Waals surface area contributed by atoms with Gasteiger partial charge in [-0.15, -0.1) is 11.3 Å². The van der Waals surface area contributed by atoms with E-state index in [9.17, 15) is 0 Å². The summed E-state index contributed by atoms with van der Waals surface area (Å²) < 4.78 is 0. The zero-order valence-electron chi connectivity index (χ0n) is 16.8. The third kappa shape index (κ3) is 3.93. The molecule has 3 N–H and O–H groups in total. The fraction of sp³-hybridized carbons (Fsp3) is 0.292. The van der Waals surface area contributed by atoms with E-state index in [1.54, 1.807) is 12.4 Å². The second-order valence-electron chi connectivity index (χ2n) is 7.85. The van der Waals surface area contributed by atoms with Gasteiger partial charge in [0.2, 0.25) is 0 Å². The zero-order valence-corrected chi connectivity index (χ0v) is 17.7. The number of thiophene rings is 1. The highest BCUT2D eigenvalue weighted by Gasteiger charge is 2.21. The van der Waals surface area contributed by atoms with Crippen LogP contribution < -0.4 is 11.1 Å². The second kappa shape index (κ2) is 8.50. The Kier molecular flexibility index (Phi) is 5.43. The first kappa shape index (κ1) is 19.2. The molecular weight excluding hydrogens is 390 g/mol. The second-order valence-corrected chi connectivity index (χ2v) is 8.94. The molecule has 30 heavy (non-hydrogen) atoms. The highest BCUT2D eigenvalue weighted by molar-refractivity contribution is 7.19. The van der Waals surface area contributed by atoms with Gasteiger partial charge in [0, 0.05) is 35.4 Å². The molecule has 0 fully saturated rings. The topological polar surface area (TPSA) is 76.7 Å². The monoisotopic (exact) mass is 415 g/mol. The largest absolute Gasteiger partial charge is 0.368 e. The zero-order chi connectivity index (χ0) is 20.3. The lowest BCUT2D eigenvalue weighted by Gasteiger charge is -2.16. The number of nitrogens with one attached hydrogen (secondary N) is 1. The molecule has 1 aromatic carbocycles. The van der Waals surface area contributed by atoms with Crippen molar-refractivity contribution in [2.75, 3.05) is 11.9 Å². The molecule has 3 heterocycles. The summed E-state index contributed by atoms with van der Waals surface area (Å²) in [6.45, 7) is 0.668.